The molecular formula is C27H24IN3O4. The topological polar surface area (TPSA) is 98.7 Å². The summed E-state index contributed by atoms with van der Waals surface area (Å²) in [6.45, 7) is 5.65. The summed E-state index contributed by atoms with van der Waals surface area (Å²) >= 11 is 2.26. The van der Waals surface area contributed by atoms with Gasteiger partial charge >= 0.3 is 5.97 Å². The lowest BCUT2D eigenvalue weighted by Gasteiger charge is -2.18. The van der Waals surface area contributed by atoms with Gasteiger partial charge in [0.25, 0.3) is 11.8 Å². The lowest BCUT2D eigenvalue weighted by molar-refractivity contribution is -0.112. The zero-order chi connectivity index (χ0) is 25.3. The van der Waals surface area contributed by atoms with E-state index in [-0.39, 0.29) is 17.4 Å². The number of hydrazine groups is 1. The molecule has 35 heavy (non-hydrogen) atoms. The number of benzene rings is 3. The number of amides is 2. The average molecular weight is 581 g/mol. The van der Waals surface area contributed by atoms with E-state index >= 15 is 0 Å². The Hall–Kier alpha value is -3.66. The van der Waals surface area contributed by atoms with Crippen LogP contribution in [0.5, 0.6) is 0 Å². The van der Waals surface area contributed by atoms with E-state index in [2.05, 4.69) is 33.4 Å². The number of alkyl halides is 1. The number of hydrogen-bond acceptors (Lipinski definition) is 4. The standard InChI is InChI=1S/C27H24IN3O4/c1-15-7-9-19(11-16(15)2)25(32)30-29-17(3)24-22-10-8-18(14-28)12-23(22)31(26(24)33)21-6-4-5-20(13-21)27(34)35/h4-13,29H,14H2,1-3H3,(H,30,32)(H,34,35)/b24-17-. The Kier molecular flexibility index (Phi) is 6.93. The van der Waals surface area contributed by atoms with Crippen molar-refractivity contribution in [3.05, 3.63) is 99.7 Å². The SMILES string of the molecule is C/C(NNC(=O)c1ccc(C)c(C)c1)=C1/C(=O)N(c2cccc(C(=O)O)c2)c2cc(CI)ccc21. The Balaban J connectivity index is 1.70. The predicted molar refractivity (Wildman–Crippen MR) is 144 cm³/mol. The maximum absolute atomic E-state index is 13.6. The van der Waals surface area contributed by atoms with E-state index in [0.29, 0.717) is 33.8 Å². The Morgan fingerprint density at radius 2 is 1.71 bits per heavy atom. The number of carboxylic acid groups (broad SMARTS) is 1. The van der Waals surface area contributed by atoms with Crippen LogP contribution in [0, 0.1) is 13.8 Å². The number of rotatable bonds is 6. The number of hydrogen-bond donors (Lipinski definition) is 3. The number of nitrogens with one attached hydrogen (secondary N) is 2. The summed E-state index contributed by atoms with van der Waals surface area (Å²) in [5.74, 6) is -1.69. The molecule has 178 valence electrons. The van der Waals surface area contributed by atoms with Crippen LogP contribution in [-0.4, -0.2) is 22.9 Å². The average Bonchev–Trinajstić information content (AvgIpc) is 3.14. The van der Waals surface area contributed by atoms with Crippen molar-refractivity contribution in [2.45, 2.75) is 25.2 Å². The molecule has 4 rings (SSSR count). The van der Waals surface area contributed by atoms with Gasteiger partial charge in [-0.05, 0) is 73.9 Å². The minimum atomic E-state index is -1.07. The van der Waals surface area contributed by atoms with Crippen molar-refractivity contribution in [1.29, 1.82) is 0 Å². The van der Waals surface area contributed by atoms with Crippen LogP contribution in [0.15, 0.2) is 66.4 Å². The first kappa shape index (κ1) is 24.5. The normalized spacial score (nSPS) is 13.9. The van der Waals surface area contributed by atoms with Gasteiger partial charge in [-0.3, -0.25) is 19.9 Å². The van der Waals surface area contributed by atoms with Crippen LogP contribution in [0.1, 0.15) is 49.9 Å². The highest BCUT2D eigenvalue weighted by Gasteiger charge is 2.35. The first-order valence-electron chi connectivity index (χ1n) is 10.9. The van der Waals surface area contributed by atoms with Crippen molar-refractivity contribution in [3.8, 4) is 0 Å². The summed E-state index contributed by atoms with van der Waals surface area (Å²) in [6.07, 6.45) is 0. The fourth-order valence-corrected chi connectivity index (χ4v) is 4.43. The number of carbonyl (C=O) groups is 3. The van der Waals surface area contributed by atoms with Gasteiger partial charge in [0.2, 0.25) is 0 Å². The Bertz CT molecular complexity index is 1400. The van der Waals surface area contributed by atoms with Crippen LogP contribution in [0.3, 0.4) is 0 Å². The number of nitrogens with zero attached hydrogens (tertiary/aromatic N) is 1. The second-order valence-corrected chi connectivity index (χ2v) is 9.12. The van der Waals surface area contributed by atoms with Crippen LogP contribution >= 0.6 is 22.6 Å². The predicted octanol–water partition coefficient (Wildman–Crippen LogP) is 5.28. The van der Waals surface area contributed by atoms with Gasteiger partial charge in [0.1, 0.15) is 0 Å². The third-order valence-electron chi connectivity index (χ3n) is 6.00. The quantitative estimate of drug-likeness (QED) is 0.159. The van der Waals surface area contributed by atoms with Gasteiger partial charge < -0.3 is 10.5 Å². The van der Waals surface area contributed by atoms with Crippen LogP contribution in [0.2, 0.25) is 0 Å². The van der Waals surface area contributed by atoms with Gasteiger partial charge in [-0.25, -0.2) is 4.79 Å². The first-order valence-corrected chi connectivity index (χ1v) is 12.5. The highest BCUT2D eigenvalue weighted by molar-refractivity contribution is 14.1. The molecule has 0 unspecified atom stereocenters. The van der Waals surface area contributed by atoms with Gasteiger partial charge in [0, 0.05) is 21.3 Å². The maximum Gasteiger partial charge on any atom is 0.335 e. The number of allylic oxidation sites excluding steroid dienone is 1. The minimum absolute atomic E-state index is 0.0924. The summed E-state index contributed by atoms with van der Waals surface area (Å²) in [4.78, 5) is 39.4. The lowest BCUT2D eigenvalue weighted by Crippen LogP contribution is -2.37. The molecule has 0 aromatic heterocycles. The monoisotopic (exact) mass is 581 g/mol. The molecule has 8 heteroatoms. The van der Waals surface area contributed by atoms with Crippen molar-refractivity contribution in [2.75, 3.05) is 4.90 Å². The second-order valence-electron chi connectivity index (χ2n) is 8.36. The van der Waals surface area contributed by atoms with E-state index in [1.807, 2.05) is 44.2 Å². The molecule has 0 saturated heterocycles. The van der Waals surface area contributed by atoms with Crippen molar-refractivity contribution >= 4 is 57.3 Å². The molecule has 2 amide bonds. The Labute approximate surface area is 217 Å². The zero-order valence-corrected chi connectivity index (χ0v) is 21.6. The van der Waals surface area contributed by atoms with Gasteiger partial charge in [-0.15, -0.1) is 0 Å². The second kappa shape index (κ2) is 9.91. The molecule has 1 heterocycles. The van der Waals surface area contributed by atoms with Gasteiger partial charge in [-0.1, -0.05) is 46.9 Å². The number of aryl methyl sites for hydroxylation is 2. The molecule has 3 N–H and O–H groups in total. The Morgan fingerprint density at radius 3 is 2.40 bits per heavy atom. The summed E-state index contributed by atoms with van der Waals surface area (Å²) in [5, 5.41) is 9.42. The van der Waals surface area contributed by atoms with E-state index in [4.69, 9.17) is 0 Å². The fourth-order valence-electron chi connectivity index (χ4n) is 3.96. The van der Waals surface area contributed by atoms with Crippen molar-refractivity contribution in [3.63, 3.8) is 0 Å². The minimum Gasteiger partial charge on any atom is -0.478 e. The molecule has 0 bridgehead atoms. The summed E-state index contributed by atoms with van der Waals surface area (Å²) < 4.78 is 0.755. The molecule has 0 spiro atoms. The summed E-state index contributed by atoms with van der Waals surface area (Å²) in [6, 6.07) is 17.5. The van der Waals surface area contributed by atoms with Crippen molar-refractivity contribution in [2.24, 2.45) is 0 Å². The van der Waals surface area contributed by atoms with Crippen LogP contribution < -0.4 is 15.8 Å². The molecule has 0 aliphatic carbocycles. The molecule has 0 radical (unpaired) electrons. The lowest BCUT2D eigenvalue weighted by atomic mass is 10.0. The first-order chi connectivity index (χ1) is 16.7. The van der Waals surface area contributed by atoms with E-state index in [9.17, 15) is 19.5 Å². The number of carboxylic acids is 1. The van der Waals surface area contributed by atoms with E-state index in [0.717, 1.165) is 21.1 Å². The molecular weight excluding hydrogens is 557 g/mol. The third-order valence-corrected chi connectivity index (χ3v) is 6.88. The molecule has 3 aromatic rings. The zero-order valence-electron chi connectivity index (χ0n) is 19.5. The number of carbonyl (C=O) groups excluding carboxylic acids is 2. The van der Waals surface area contributed by atoms with Crippen LogP contribution in [0.25, 0.3) is 5.57 Å². The smallest absolute Gasteiger partial charge is 0.335 e. The van der Waals surface area contributed by atoms with E-state index < -0.39 is 5.97 Å². The Morgan fingerprint density at radius 1 is 0.943 bits per heavy atom. The van der Waals surface area contributed by atoms with E-state index in [1.54, 1.807) is 25.1 Å². The highest BCUT2D eigenvalue weighted by atomic mass is 127. The maximum atomic E-state index is 13.6. The molecule has 3 aromatic carbocycles. The van der Waals surface area contributed by atoms with Gasteiger partial charge in [0.15, 0.2) is 0 Å². The highest BCUT2D eigenvalue weighted by Crippen LogP contribution is 2.43. The van der Waals surface area contributed by atoms with Gasteiger partial charge in [0.05, 0.1) is 22.5 Å². The van der Waals surface area contributed by atoms with Crippen molar-refractivity contribution < 1.29 is 19.5 Å². The molecule has 0 fully saturated rings. The number of fused-ring (bicyclic) bond motifs is 1. The summed E-state index contributed by atoms with van der Waals surface area (Å²) in [5.41, 5.74) is 12.0. The van der Waals surface area contributed by atoms with Crippen LogP contribution in [-0.2, 0) is 9.22 Å². The van der Waals surface area contributed by atoms with Gasteiger partial charge in [-0.2, -0.15) is 0 Å². The molecule has 7 nitrogen and oxygen atoms in total. The number of anilines is 2. The van der Waals surface area contributed by atoms with Crippen LogP contribution in [0.4, 0.5) is 11.4 Å². The molecule has 0 saturated carbocycles. The summed E-state index contributed by atoms with van der Waals surface area (Å²) in [7, 11) is 0. The third kappa shape index (κ3) is 4.79. The van der Waals surface area contributed by atoms with Crippen molar-refractivity contribution in [1.82, 2.24) is 10.9 Å². The number of aromatic carboxylic acids is 1. The molecule has 1 aliphatic rings. The number of halogens is 1. The molecule has 1 aliphatic heterocycles. The fraction of sp³-hybridized carbons (Fsp3) is 0.148. The molecule has 0 atom stereocenters. The largest absolute Gasteiger partial charge is 0.478 e. The van der Waals surface area contributed by atoms with E-state index in [1.165, 1.54) is 17.0 Å².